The van der Waals surface area contributed by atoms with Gasteiger partial charge >= 0.3 is 19.8 Å². The molecule has 0 saturated heterocycles. The van der Waals surface area contributed by atoms with E-state index < -0.39 is 32.5 Å². The van der Waals surface area contributed by atoms with E-state index >= 15 is 0 Å². The molecule has 0 rings (SSSR count). The Kier molecular flexibility index (Phi) is 38.0. The summed E-state index contributed by atoms with van der Waals surface area (Å²) in [5.41, 5.74) is 0. The molecular formula is C42H83O8P. The molecule has 0 amide bonds. The van der Waals surface area contributed by atoms with Crippen molar-refractivity contribution in [2.75, 3.05) is 13.2 Å². The zero-order valence-corrected chi connectivity index (χ0v) is 34.4. The van der Waals surface area contributed by atoms with Gasteiger partial charge in [-0.05, 0) is 12.8 Å². The lowest BCUT2D eigenvalue weighted by Gasteiger charge is -2.18. The van der Waals surface area contributed by atoms with Gasteiger partial charge < -0.3 is 19.3 Å². The van der Waals surface area contributed by atoms with Crippen molar-refractivity contribution in [1.29, 1.82) is 0 Å². The van der Waals surface area contributed by atoms with Gasteiger partial charge in [0.1, 0.15) is 6.61 Å². The summed E-state index contributed by atoms with van der Waals surface area (Å²) in [4.78, 5) is 42.9. The summed E-state index contributed by atoms with van der Waals surface area (Å²) in [5.74, 6) is -0.866. The summed E-state index contributed by atoms with van der Waals surface area (Å²) in [6.45, 7) is 3.72. The average Bonchev–Trinajstić information content (AvgIpc) is 3.10. The van der Waals surface area contributed by atoms with Crippen LogP contribution in [0.2, 0.25) is 0 Å². The maximum atomic E-state index is 12.4. The first-order valence-electron chi connectivity index (χ1n) is 21.8. The predicted molar refractivity (Wildman–Crippen MR) is 212 cm³/mol. The highest BCUT2D eigenvalue weighted by atomic mass is 31.2. The molecule has 0 fully saturated rings. The Hall–Kier alpha value is -0.950. The highest BCUT2D eigenvalue weighted by Crippen LogP contribution is 2.36. The van der Waals surface area contributed by atoms with E-state index in [2.05, 4.69) is 18.4 Å². The molecule has 0 saturated carbocycles. The third-order valence-corrected chi connectivity index (χ3v) is 10.4. The predicted octanol–water partition coefficient (Wildman–Crippen LogP) is 13.2. The fourth-order valence-corrected chi connectivity index (χ4v) is 6.97. The number of carbonyl (C=O) groups is 2. The van der Waals surface area contributed by atoms with Crippen molar-refractivity contribution < 1.29 is 37.9 Å². The molecule has 0 aliphatic heterocycles. The maximum absolute atomic E-state index is 12.4. The van der Waals surface area contributed by atoms with Gasteiger partial charge in [-0.25, -0.2) is 4.57 Å². The molecule has 9 heteroatoms. The van der Waals surface area contributed by atoms with Crippen LogP contribution in [-0.4, -0.2) is 41.0 Å². The Morgan fingerprint density at radius 1 is 0.431 bits per heavy atom. The molecule has 0 heterocycles. The molecule has 2 N–H and O–H groups in total. The van der Waals surface area contributed by atoms with Crippen molar-refractivity contribution >= 4 is 19.8 Å². The topological polar surface area (TPSA) is 119 Å². The lowest BCUT2D eigenvalue weighted by atomic mass is 10.0. The van der Waals surface area contributed by atoms with Gasteiger partial charge in [0.25, 0.3) is 0 Å². The van der Waals surface area contributed by atoms with Gasteiger partial charge in [0, 0.05) is 12.8 Å². The molecule has 304 valence electrons. The van der Waals surface area contributed by atoms with E-state index in [0.717, 1.165) is 32.1 Å². The highest BCUT2D eigenvalue weighted by Gasteiger charge is 2.23. The standard InChI is InChI=1S/C42H83O8P/c1-3-5-7-9-11-13-15-17-19-20-21-22-23-25-27-29-31-33-35-37-42(44)50-40(39-49-51(45,46)47)38-48-41(43)36-34-32-30-28-26-24-18-16-14-12-10-8-6-4-2/h40H,3-39H2,1-2H3,(H2,45,46,47). The number of ether oxygens (including phenoxy) is 2. The van der Waals surface area contributed by atoms with Crippen molar-refractivity contribution in [3.63, 3.8) is 0 Å². The SMILES string of the molecule is CCCCCCCCCCCCCCCCCCCCCC(=O)OC(COC(=O)CCCCCCCCCCCCCCCC)COP(=O)(O)O. The molecule has 0 aromatic heterocycles. The minimum Gasteiger partial charge on any atom is -0.462 e. The first-order valence-corrected chi connectivity index (χ1v) is 23.4. The van der Waals surface area contributed by atoms with E-state index in [1.807, 2.05) is 0 Å². The van der Waals surface area contributed by atoms with Gasteiger partial charge in [-0.1, -0.05) is 213 Å². The molecule has 0 aliphatic rings. The van der Waals surface area contributed by atoms with E-state index in [4.69, 9.17) is 19.3 Å². The van der Waals surface area contributed by atoms with Gasteiger partial charge in [-0.3, -0.25) is 14.1 Å². The van der Waals surface area contributed by atoms with Crippen LogP contribution in [0.1, 0.15) is 239 Å². The Balaban J connectivity index is 3.83. The number of unbranched alkanes of at least 4 members (excludes halogenated alkanes) is 31. The minimum absolute atomic E-state index is 0.220. The molecule has 8 nitrogen and oxygen atoms in total. The fraction of sp³-hybridized carbons (Fsp3) is 0.952. The highest BCUT2D eigenvalue weighted by molar-refractivity contribution is 7.46. The van der Waals surface area contributed by atoms with Crippen LogP contribution in [0, 0.1) is 0 Å². The van der Waals surface area contributed by atoms with Crippen LogP contribution >= 0.6 is 7.82 Å². The second-order valence-electron chi connectivity index (χ2n) is 15.0. The Labute approximate surface area is 315 Å². The zero-order chi connectivity index (χ0) is 37.5. The third-order valence-electron chi connectivity index (χ3n) is 9.88. The summed E-state index contributed by atoms with van der Waals surface area (Å²) >= 11 is 0. The molecule has 0 aromatic carbocycles. The molecule has 1 atom stereocenters. The number of esters is 2. The van der Waals surface area contributed by atoms with Crippen LogP contribution in [0.5, 0.6) is 0 Å². The number of phosphoric ester groups is 1. The fourth-order valence-electron chi connectivity index (χ4n) is 6.61. The van der Waals surface area contributed by atoms with E-state index in [1.54, 1.807) is 0 Å². The number of hydrogen-bond donors (Lipinski definition) is 2. The zero-order valence-electron chi connectivity index (χ0n) is 33.5. The van der Waals surface area contributed by atoms with Crippen LogP contribution in [-0.2, 0) is 28.2 Å². The lowest BCUT2D eigenvalue weighted by molar-refractivity contribution is -0.161. The maximum Gasteiger partial charge on any atom is 0.469 e. The second kappa shape index (κ2) is 38.8. The number of phosphoric acid groups is 1. The summed E-state index contributed by atoms with van der Waals surface area (Å²) in [5, 5.41) is 0. The smallest absolute Gasteiger partial charge is 0.462 e. The molecule has 1 unspecified atom stereocenters. The molecule has 0 spiro atoms. The van der Waals surface area contributed by atoms with Crippen LogP contribution in [0.15, 0.2) is 0 Å². The molecular weight excluding hydrogens is 663 g/mol. The first kappa shape index (κ1) is 50.1. The Morgan fingerprint density at radius 2 is 0.706 bits per heavy atom. The van der Waals surface area contributed by atoms with Crippen LogP contribution in [0.3, 0.4) is 0 Å². The van der Waals surface area contributed by atoms with Gasteiger partial charge in [0.05, 0.1) is 6.61 Å². The van der Waals surface area contributed by atoms with E-state index in [9.17, 15) is 14.2 Å². The van der Waals surface area contributed by atoms with E-state index in [-0.39, 0.29) is 19.4 Å². The van der Waals surface area contributed by atoms with Crippen molar-refractivity contribution in [2.45, 2.75) is 245 Å². The average molecular weight is 747 g/mol. The van der Waals surface area contributed by atoms with Crippen molar-refractivity contribution in [3.8, 4) is 0 Å². The Bertz CT molecular complexity index is 802. The third kappa shape index (κ3) is 41.7. The number of carbonyl (C=O) groups excluding carboxylic acids is 2. The lowest BCUT2D eigenvalue weighted by Crippen LogP contribution is -2.29. The van der Waals surface area contributed by atoms with Crippen LogP contribution in [0.4, 0.5) is 0 Å². The molecule has 0 radical (unpaired) electrons. The van der Waals surface area contributed by atoms with Crippen LogP contribution < -0.4 is 0 Å². The minimum atomic E-state index is -4.75. The summed E-state index contributed by atoms with van der Waals surface area (Å²) in [7, 11) is -4.75. The molecule has 0 aliphatic carbocycles. The molecule has 51 heavy (non-hydrogen) atoms. The summed E-state index contributed by atoms with van der Waals surface area (Å²) < 4.78 is 26.4. The van der Waals surface area contributed by atoms with Crippen molar-refractivity contribution in [3.05, 3.63) is 0 Å². The summed E-state index contributed by atoms with van der Waals surface area (Å²) in [6.07, 6.45) is 41.1. The normalized spacial score (nSPS) is 12.3. The summed E-state index contributed by atoms with van der Waals surface area (Å²) in [6, 6.07) is 0. The van der Waals surface area contributed by atoms with Gasteiger partial charge in [0.15, 0.2) is 6.10 Å². The quantitative estimate of drug-likeness (QED) is 0.0360. The Morgan fingerprint density at radius 3 is 1.00 bits per heavy atom. The van der Waals surface area contributed by atoms with Gasteiger partial charge in [-0.15, -0.1) is 0 Å². The van der Waals surface area contributed by atoms with Gasteiger partial charge in [0.2, 0.25) is 0 Å². The number of hydrogen-bond acceptors (Lipinski definition) is 6. The van der Waals surface area contributed by atoms with Gasteiger partial charge in [-0.2, -0.15) is 0 Å². The van der Waals surface area contributed by atoms with Crippen molar-refractivity contribution in [1.82, 2.24) is 0 Å². The van der Waals surface area contributed by atoms with Crippen molar-refractivity contribution in [2.24, 2.45) is 0 Å². The molecule has 0 bridgehead atoms. The second-order valence-corrected chi connectivity index (χ2v) is 16.3. The van der Waals surface area contributed by atoms with E-state index in [1.165, 1.54) is 173 Å². The molecule has 0 aromatic rings. The van der Waals surface area contributed by atoms with E-state index in [0.29, 0.717) is 6.42 Å². The largest absolute Gasteiger partial charge is 0.469 e. The van der Waals surface area contributed by atoms with Crippen LogP contribution in [0.25, 0.3) is 0 Å². The monoisotopic (exact) mass is 747 g/mol. The number of rotatable bonds is 41. The first-order chi connectivity index (χ1) is 24.8.